The average Bonchev–Trinajstić information content (AvgIpc) is 2.85. The van der Waals surface area contributed by atoms with E-state index in [2.05, 4.69) is 43.9 Å². The Balaban J connectivity index is 1.14. The number of fused-ring (bicyclic) bond motifs is 2. The van der Waals surface area contributed by atoms with Gasteiger partial charge in [0, 0.05) is 49.4 Å². The monoisotopic (exact) mass is 478 g/mol. The number of halogens is 1. The van der Waals surface area contributed by atoms with Gasteiger partial charge in [-0.15, -0.1) is 0 Å². The van der Waals surface area contributed by atoms with Crippen molar-refractivity contribution in [1.82, 2.24) is 14.8 Å². The van der Waals surface area contributed by atoms with Crippen molar-refractivity contribution in [3.63, 3.8) is 0 Å². The van der Waals surface area contributed by atoms with E-state index in [-0.39, 0.29) is 5.78 Å². The summed E-state index contributed by atoms with van der Waals surface area (Å²) in [5.41, 5.74) is 2.02. The fraction of sp³-hybridized carbons (Fsp3) is 0.308. The van der Waals surface area contributed by atoms with E-state index in [1.165, 1.54) is 10.6 Å². The molecule has 1 aromatic heterocycles. The minimum absolute atomic E-state index is 0.206. The summed E-state index contributed by atoms with van der Waals surface area (Å²) in [6.07, 6.45) is 2.78. The molecule has 0 spiro atoms. The summed E-state index contributed by atoms with van der Waals surface area (Å²) in [5.74, 6) is 1.20. The molecule has 0 atom stereocenters. The third kappa shape index (κ3) is 5.25. The van der Waals surface area contributed by atoms with Gasteiger partial charge in [0.25, 0.3) is 0 Å². The van der Waals surface area contributed by atoms with Crippen LogP contribution in [0.4, 0.5) is 11.5 Å². The van der Waals surface area contributed by atoms with Crippen molar-refractivity contribution < 1.29 is 4.79 Å². The van der Waals surface area contributed by atoms with E-state index in [0.29, 0.717) is 11.6 Å². The highest BCUT2D eigenvalue weighted by Gasteiger charge is 2.25. The first-order valence-electron chi connectivity index (χ1n) is 11.4. The average molecular weight is 479 g/mol. The molecule has 0 N–H and O–H groups in total. The number of hydrogen-bond acceptors (Lipinski definition) is 6. The van der Waals surface area contributed by atoms with Crippen LogP contribution in [0.5, 0.6) is 0 Å². The van der Waals surface area contributed by atoms with E-state index < -0.39 is 0 Å². The van der Waals surface area contributed by atoms with E-state index in [9.17, 15) is 4.79 Å². The largest absolute Gasteiger partial charge is 0.324 e. The molecule has 7 heteroatoms. The number of para-hydroxylation sites is 1. The molecule has 0 radical (unpaired) electrons. The van der Waals surface area contributed by atoms with E-state index >= 15 is 0 Å². The van der Waals surface area contributed by atoms with Crippen LogP contribution in [0, 0.1) is 0 Å². The smallest absolute Gasteiger partial charge is 0.176 e. The Morgan fingerprint density at radius 1 is 0.909 bits per heavy atom. The summed E-state index contributed by atoms with van der Waals surface area (Å²) >= 11 is 7.94. The molecule has 2 aromatic carbocycles. The molecule has 1 saturated heterocycles. The van der Waals surface area contributed by atoms with Crippen LogP contribution in [0.15, 0.2) is 76.7 Å². The molecule has 0 amide bonds. The topological polar surface area (TPSA) is 39.7 Å². The molecule has 3 heterocycles. The second-order valence-corrected chi connectivity index (χ2v) is 9.98. The van der Waals surface area contributed by atoms with Crippen LogP contribution in [-0.4, -0.2) is 66.4 Å². The number of carbonyl (C=O) groups excluding carboxylic acids is 1. The summed E-state index contributed by atoms with van der Waals surface area (Å²) < 4.78 is 0. The lowest BCUT2D eigenvalue weighted by Gasteiger charge is -2.35. The number of aromatic nitrogens is 1. The first kappa shape index (κ1) is 22.4. The molecule has 0 saturated carbocycles. The lowest BCUT2D eigenvalue weighted by molar-refractivity contribution is 0.0852. The predicted molar refractivity (Wildman–Crippen MR) is 135 cm³/mol. The predicted octanol–water partition coefficient (Wildman–Crippen LogP) is 5.23. The molecular weight excluding hydrogens is 452 g/mol. The van der Waals surface area contributed by atoms with Crippen LogP contribution in [-0.2, 0) is 0 Å². The molecule has 5 rings (SSSR count). The van der Waals surface area contributed by atoms with Gasteiger partial charge in [0.05, 0.1) is 22.2 Å². The van der Waals surface area contributed by atoms with Gasteiger partial charge in [-0.2, -0.15) is 0 Å². The number of nitrogens with zero attached hydrogens (tertiary/aromatic N) is 4. The van der Waals surface area contributed by atoms with Crippen molar-refractivity contribution in [2.75, 3.05) is 50.7 Å². The minimum atomic E-state index is 0.206. The molecule has 0 bridgehead atoms. The second-order valence-electron chi connectivity index (χ2n) is 8.46. The van der Waals surface area contributed by atoms with Crippen molar-refractivity contribution >= 4 is 40.7 Å². The van der Waals surface area contributed by atoms with Crippen LogP contribution in [0.2, 0.25) is 5.02 Å². The SMILES string of the molecule is O=C(CN1CCN(CCCN2c3ccccc3Sc3cc(Cl)cnc32)CC1)c1ccccc1. The minimum Gasteiger partial charge on any atom is -0.324 e. The highest BCUT2D eigenvalue weighted by molar-refractivity contribution is 7.99. The fourth-order valence-corrected chi connectivity index (χ4v) is 5.79. The van der Waals surface area contributed by atoms with E-state index in [0.717, 1.165) is 62.0 Å². The van der Waals surface area contributed by atoms with Crippen molar-refractivity contribution in [2.45, 2.75) is 16.2 Å². The summed E-state index contributed by atoms with van der Waals surface area (Å²) in [5, 5.41) is 0.671. The molecule has 0 aliphatic carbocycles. The van der Waals surface area contributed by atoms with E-state index in [1.807, 2.05) is 36.4 Å². The van der Waals surface area contributed by atoms with Crippen LogP contribution < -0.4 is 4.90 Å². The maximum Gasteiger partial charge on any atom is 0.176 e. The Kier molecular flexibility index (Phi) is 6.97. The molecule has 170 valence electrons. The zero-order valence-corrected chi connectivity index (χ0v) is 20.1. The number of rotatable bonds is 7. The Morgan fingerprint density at radius 2 is 1.64 bits per heavy atom. The first-order valence-corrected chi connectivity index (χ1v) is 12.6. The van der Waals surface area contributed by atoms with Crippen LogP contribution in [0.1, 0.15) is 16.8 Å². The Labute approximate surface area is 204 Å². The fourth-order valence-electron chi connectivity index (χ4n) is 4.46. The quantitative estimate of drug-likeness (QED) is 0.433. The molecule has 3 aromatic rings. The number of ketones is 1. The van der Waals surface area contributed by atoms with Crippen LogP contribution >= 0.6 is 23.4 Å². The van der Waals surface area contributed by atoms with Crippen LogP contribution in [0.25, 0.3) is 0 Å². The molecular formula is C26H27ClN4OS. The van der Waals surface area contributed by atoms with Gasteiger partial charge in [-0.25, -0.2) is 4.98 Å². The number of anilines is 2. The number of benzene rings is 2. The van der Waals surface area contributed by atoms with Crippen molar-refractivity contribution in [3.8, 4) is 0 Å². The maximum absolute atomic E-state index is 12.5. The highest BCUT2D eigenvalue weighted by Crippen LogP contribution is 2.47. The number of hydrogen-bond donors (Lipinski definition) is 0. The summed E-state index contributed by atoms with van der Waals surface area (Å²) in [7, 11) is 0. The number of pyridine rings is 1. The third-order valence-corrected chi connectivity index (χ3v) is 7.51. The standard InChI is InChI=1S/C26H27ClN4OS/c27-21-17-25-26(28-18-21)31(22-9-4-5-10-24(22)33-25)12-6-11-29-13-15-30(16-14-29)19-23(32)20-7-2-1-3-8-20/h1-5,7-10,17-18H,6,11-16,19H2. The zero-order valence-electron chi connectivity index (χ0n) is 18.5. The molecule has 0 unspecified atom stereocenters. The Hall–Kier alpha value is -2.38. The lowest BCUT2D eigenvalue weighted by atomic mass is 10.1. The van der Waals surface area contributed by atoms with E-state index in [1.54, 1.807) is 18.0 Å². The normalized spacial score (nSPS) is 16.3. The van der Waals surface area contributed by atoms with Gasteiger partial charge in [-0.05, 0) is 31.2 Å². The van der Waals surface area contributed by atoms with Gasteiger partial charge in [0.1, 0.15) is 5.82 Å². The van der Waals surface area contributed by atoms with Gasteiger partial charge < -0.3 is 9.80 Å². The summed E-state index contributed by atoms with van der Waals surface area (Å²) in [6, 6.07) is 20.1. The molecule has 5 nitrogen and oxygen atoms in total. The maximum atomic E-state index is 12.5. The second kappa shape index (κ2) is 10.3. The highest BCUT2D eigenvalue weighted by atomic mass is 35.5. The molecule has 2 aliphatic heterocycles. The van der Waals surface area contributed by atoms with Gasteiger partial charge in [0.2, 0.25) is 0 Å². The third-order valence-electron chi connectivity index (χ3n) is 6.22. The zero-order chi connectivity index (χ0) is 22.6. The van der Waals surface area contributed by atoms with Gasteiger partial charge in [-0.3, -0.25) is 9.69 Å². The van der Waals surface area contributed by atoms with Gasteiger partial charge >= 0.3 is 0 Å². The Morgan fingerprint density at radius 3 is 2.45 bits per heavy atom. The lowest BCUT2D eigenvalue weighted by Crippen LogP contribution is -2.48. The summed E-state index contributed by atoms with van der Waals surface area (Å²) in [6.45, 7) is 6.32. The summed E-state index contributed by atoms with van der Waals surface area (Å²) in [4.78, 5) is 26.6. The number of Topliss-reactive ketones (excluding diaryl/α,β-unsaturated/α-hetero) is 1. The Bertz CT molecular complexity index is 1120. The van der Waals surface area contributed by atoms with Gasteiger partial charge in [0.15, 0.2) is 5.78 Å². The van der Waals surface area contributed by atoms with Crippen LogP contribution in [0.3, 0.4) is 0 Å². The van der Waals surface area contributed by atoms with Crippen molar-refractivity contribution in [2.24, 2.45) is 0 Å². The number of carbonyl (C=O) groups is 1. The molecule has 2 aliphatic rings. The van der Waals surface area contributed by atoms with Gasteiger partial charge in [-0.1, -0.05) is 65.8 Å². The molecule has 33 heavy (non-hydrogen) atoms. The van der Waals surface area contributed by atoms with E-state index in [4.69, 9.17) is 11.6 Å². The van der Waals surface area contributed by atoms with Crippen molar-refractivity contribution in [1.29, 1.82) is 0 Å². The van der Waals surface area contributed by atoms with Crippen molar-refractivity contribution in [3.05, 3.63) is 77.4 Å². The first-order chi connectivity index (χ1) is 16.2. The molecule has 1 fully saturated rings. The number of piperazine rings is 1.